The Hall–Kier alpha value is -2.67. The average Bonchev–Trinajstić information content (AvgIpc) is 3.02. The number of aromatic nitrogens is 1. The smallest absolute Gasteiger partial charge is 0.296 e. The zero-order valence-corrected chi connectivity index (χ0v) is 18.2. The van der Waals surface area contributed by atoms with Gasteiger partial charge in [-0.25, -0.2) is 4.98 Å². The van der Waals surface area contributed by atoms with Gasteiger partial charge in [-0.3, -0.25) is 14.5 Å². The third-order valence-electron chi connectivity index (χ3n) is 4.96. The van der Waals surface area contributed by atoms with E-state index in [-0.39, 0.29) is 16.8 Å². The zero-order chi connectivity index (χ0) is 21.0. The second kappa shape index (κ2) is 7.23. The minimum absolute atomic E-state index is 0.00320. The van der Waals surface area contributed by atoms with Crippen LogP contribution >= 0.6 is 39.1 Å². The lowest BCUT2D eigenvalue weighted by molar-refractivity contribution is 0.0970. The number of halogens is 3. The van der Waals surface area contributed by atoms with Gasteiger partial charge in [-0.15, -0.1) is 0 Å². The molecule has 0 N–H and O–H groups in total. The average molecular weight is 502 g/mol. The maximum absolute atomic E-state index is 13.5. The summed E-state index contributed by atoms with van der Waals surface area (Å²) in [6.45, 7) is 0. The molecule has 1 amide bonds. The molecular weight excluding hydrogens is 491 g/mol. The summed E-state index contributed by atoms with van der Waals surface area (Å²) in [6, 6.07) is 14.7. The quantitative estimate of drug-likeness (QED) is 0.337. The minimum atomic E-state index is -0.737. The number of nitrogens with zero attached hydrogens (tertiary/aromatic N) is 2. The fraction of sp³-hybridized carbons (Fsp3) is 0.0455. The molecule has 148 valence electrons. The van der Waals surface area contributed by atoms with Crippen molar-refractivity contribution in [2.75, 3.05) is 4.90 Å². The van der Waals surface area contributed by atoms with Crippen LogP contribution in [0.1, 0.15) is 27.7 Å². The molecule has 4 aromatic rings. The van der Waals surface area contributed by atoms with Gasteiger partial charge in [-0.1, -0.05) is 51.3 Å². The molecule has 0 fully saturated rings. The topological polar surface area (TPSA) is 63.4 Å². The molecule has 1 aliphatic rings. The Kier molecular flexibility index (Phi) is 4.65. The highest BCUT2D eigenvalue weighted by Crippen LogP contribution is 2.41. The molecule has 2 aromatic heterocycles. The second-order valence-electron chi connectivity index (χ2n) is 6.78. The number of hydrogen-bond acceptors (Lipinski definition) is 4. The van der Waals surface area contributed by atoms with Crippen molar-refractivity contribution in [2.24, 2.45) is 0 Å². The largest absolute Gasteiger partial charge is 0.450 e. The SMILES string of the molecule is O=C1c2oc3ccc(Br)cc3c(=O)c2C(c2cccc(Cl)c2)N1c1ccc(Cl)cn1. The molecule has 1 unspecified atom stereocenters. The fourth-order valence-corrected chi connectivity index (χ4v) is 4.36. The van der Waals surface area contributed by atoms with Crippen LogP contribution in [0.5, 0.6) is 0 Å². The van der Waals surface area contributed by atoms with E-state index in [1.54, 1.807) is 48.5 Å². The fourth-order valence-electron chi connectivity index (χ4n) is 3.68. The van der Waals surface area contributed by atoms with Gasteiger partial charge >= 0.3 is 0 Å². The Balaban J connectivity index is 1.83. The standard InChI is InChI=1S/C22H11BrCl2N2O3/c23-12-4-6-16-15(9-12)20(28)18-19(11-2-1-3-13(24)8-11)27(22(29)21(18)30-16)17-7-5-14(25)10-26-17/h1-10,19H. The number of fused-ring (bicyclic) bond motifs is 2. The van der Waals surface area contributed by atoms with Crippen molar-refractivity contribution >= 4 is 61.8 Å². The molecule has 5 rings (SSSR count). The number of rotatable bonds is 2. The third kappa shape index (κ3) is 3.03. The molecule has 2 aromatic carbocycles. The van der Waals surface area contributed by atoms with E-state index in [1.807, 2.05) is 6.07 Å². The molecule has 1 aliphatic heterocycles. The number of carbonyl (C=O) groups is 1. The number of benzene rings is 2. The molecule has 0 radical (unpaired) electrons. The summed E-state index contributed by atoms with van der Waals surface area (Å²) >= 11 is 15.6. The molecule has 0 spiro atoms. The molecular formula is C22H11BrCl2N2O3. The van der Waals surface area contributed by atoms with Gasteiger partial charge in [0, 0.05) is 15.7 Å². The Bertz CT molecular complexity index is 1390. The van der Waals surface area contributed by atoms with Crippen molar-refractivity contribution in [3.8, 4) is 0 Å². The van der Waals surface area contributed by atoms with Crippen molar-refractivity contribution in [2.45, 2.75) is 6.04 Å². The van der Waals surface area contributed by atoms with E-state index in [9.17, 15) is 9.59 Å². The lowest BCUT2D eigenvalue weighted by atomic mass is 9.98. The number of anilines is 1. The second-order valence-corrected chi connectivity index (χ2v) is 8.57. The first kappa shape index (κ1) is 19.3. The summed E-state index contributed by atoms with van der Waals surface area (Å²) in [4.78, 5) is 32.6. The Morgan fingerprint density at radius 1 is 1.00 bits per heavy atom. The van der Waals surface area contributed by atoms with E-state index in [0.29, 0.717) is 32.4 Å². The lowest BCUT2D eigenvalue weighted by Gasteiger charge is -2.24. The summed E-state index contributed by atoms with van der Waals surface area (Å²) < 4.78 is 6.65. The van der Waals surface area contributed by atoms with Crippen LogP contribution < -0.4 is 10.3 Å². The van der Waals surface area contributed by atoms with Crippen LogP contribution in [0.15, 0.2) is 74.5 Å². The highest BCUT2D eigenvalue weighted by atomic mass is 79.9. The van der Waals surface area contributed by atoms with Crippen LogP contribution in [-0.2, 0) is 0 Å². The Morgan fingerprint density at radius 2 is 1.83 bits per heavy atom. The first-order valence-electron chi connectivity index (χ1n) is 8.91. The van der Waals surface area contributed by atoms with E-state index in [1.165, 1.54) is 11.1 Å². The first-order chi connectivity index (χ1) is 14.4. The highest BCUT2D eigenvalue weighted by molar-refractivity contribution is 9.10. The molecule has 3 heterocycles. The molecule has 1 atom stereocenters. The first-order valence-corrected chi connectivity index (χ1v) is 10.5. The summed E-state index contributed by atoms with van der Waals surface area (Å²) in [6.07, 6.45) is 1.45. The van der Waals surface area contributed by atoms with Crippen LogP contribution in [0.2, 0.25) is 10.0 Å². The van der Waals surface area contributed by atoms with Crippen LogP contribution in [-0.4, -0.2) is 10.9 Å². The molecule has 0 aliphatic carbocycles. The molecule has 0 bridgehead atoms. The van der Waals surface area contributed by atoms with Crippen molar-refractivity contribution in [3.63, 3.8) is 0 Å². The Labute approximate surface area is 189 Å². The van der Waals surface area contributed by atoms with Gasteiger partial charge in [0.2, 0.25) is 5.76 Å². The van der Waals surface area contributed by atoms with E-state index in [0.717, 1.165) is 4.47 Å². The summed E-state index contributed by atoms with van der Waals surface area (Å²) in [7, 11) is 0. The van der Waals surface area contributed by atoms with Gasteiger partial charge in [0.25, 0.3) is 5.91 Å². The number of amides is 1. The third-order valence-corrected chi connectivity index (χ3v) is 5.91. The van der Waals surface area contributed by atoms with E-state index < -0.39 is 11.9 Å². The monoisotopic (exact) mass is 500 g/mol. The minimum Gasteiger partial charge on any atom is -0.450 e. The van der Waals surface area contributed by atoms with Gasteiger partial charge in [-0.05, 0) is 48.0 Å². The van der Waals surface area contributed by atoms with Gasteiger partial charge in [-0.2, -0.15) is 0 Å². The predicted octanol–water partition coefficient (Wildman–Crippen LogP) is 6.01. The van der Waals surface area contributed by atoms with Crippen molar-refractivity contribution in [1.29, 1.82) is 0 Å². The van der Waals surface area contributed by atoms with Crippen LogP contribution in [0.4, 0.5) is 5.82 Å². The number of carbonyl (C=O) groups excluding carboxylic acids is 1. The van der Waals surface area contributed by atoms with Gasteiger partial charge in [0.15, 0.2) is 5.43 Å². The normalized spacial score (nSPS) is 15.6. The van der Waals surface area contributed by atoms with Gasteiger partial charge < -0.3 is 4.42 Å². The highest BCUT2D eigenvalue weighted by Gasteiger charge is 2.44. The van der Waals surface area contributed by atoms with Crippen molar-refractivity contribution < 1.29 is 9.21 Å². The van der Waals surface area contributed by atoms with Gasteiger partial charge in [0.05, 0.1) is 22.0 Å². The summed E-state index contributed by atoms with van der Waals surface area (Å²) in [5, 5.41) is 1.31. The molecule has 0 saturated carbocycles. The lowest BCUT2D eigenvalue weighted by Crippen LogP contribution is -2.30. The predicted molar refractivity (Wildman–Crippen MR) is 120 cm³/mol. The molecule has 30 heavy (non-hydrogen) atoms. The van der Waals surface area contributed by atoms with Crippen molar-refractivity contribution in [1.82, 2.24) is 4.98 Å². The molecule has 5 nitrogen and oxygen atoms in total. The molecule has 0 saturated heterocycles. The summed E-state index contributed by atoms with van der Waals surface area (Å²) in [5.74, 6) is -0.103. The maximum atomic E-state index is 13.5. The van der Waals surface area contributed by atoms with E-state index in [2.05, 4.69) is 20.9 Å². The van der Waals surface area contributed by atoms with E-state index >= 15 is 0 Å². The van der Waals surface area contributed by atoms with Crippen molar-refractivity contribution in [3.05, 3.63) is 102 Å². The zero-order valence-electron chi connectivity index (χ0n) is 15.1. The number of hydrogen-bond donors (Lipinski definition) is 0. The maximum Gasteiger partial charge on any atom is 0.296 e. The van der Waals surface area contributed by atoms with Crippen LogP contribution in [0.3, 0.4) is 0 Å². The van der Waals surface area contributed by atoms with Crippen LogP contribution in [0.25, 0.3) is 11.0 Å². The Morgan fingerprint density at radius 3 is 2.57 bits per heavy atom. The van der Waals surface area contributed by atoms with Gasteiger partial charge in [0.1, 0.15) is 11.4 Å². The molecule has 8 heteroatoms. The number of pyridine rings is 1. The summed E-state index contributed by atoms with van der Waals surface area (Å²) in [5.41, 5.74) is 0.992. The van der Waals surface area contributed by atoms with E-state index in [4.69, 9.17) is 27.6 Å². The van der Waals surface area contributed by atoms with Crippen LogP contribution in [0, 0.1) is 0 Å².